The number of carbonyl (C=O) groups is 3. The molecule has 3 N–H and O–H groups in total. The maximum atomic E-state index is 12.4. The van der Waals surface area contributed by atoms with Gasteiger partial charge in [-0.25, -0.2) is 9.59 Å². The molecule has 2 saturated heterocycles. The molecule has 0 spiro atoms. The molecular formula is C16H20N4O6S. The first kappa shape index (κ1) is 19.2. The van der Waals surface area contributed by atoms with E-state index in [2.05, 4.69) is 10.3 Å². The van der Waals surface area contributed by atoms with Gasteiger partial charge in [0.05, 0.1) is 0 Å². The van der Waals surface area contributed by atoms with Crippen LogP contribution in [0.15, 0.2) is 15.8 Å². The number of H-pyrrole nitrogens is 1. The highest BCUT2D eigenvalue weighted by atomic mass is 32.2. The van der Waals surface area contributed by atoms with Gasteiger partial charge in [-0.1, -0.05) is 6.92 Å². The molecule has 10 nitrogen and oxygen atoms in total. The van der Waals surface area contributed by atoms with Gasteiger partial charge in [-0.15, -0.1) is 11.8 Å². The number of thioether (sulfide) groups is 1. The van der Waals surface area contributed by atoms with Crippen LogP contribution in [0.2, 0.25) is 0 Å². The molecular weight excluding hydrogens is 376 g/mol. The summed E-state index contributed by atoms with van der Waals surface area (Å²) in [5, 5.41) is 11.5. The van der Waals surface area contributed by atoms with Crippen LogP contribution in [0, 0.1) is 0 Å². The third-order valence-corrected chi connectivity index (χ3v) is 6.34. The number of nitrogens with one attached hydrogen (secondary N) is 2. The van der Waals surface area contributed by atoms with E-state index in [-0.39, 0.29) is 6.54 Å². The lowest BCUT2D eigenvalue weighted by Crippen LogP contribution is -2.70. The number of rotatable bonds is 5. The van der Waals surface area contributed by atoms with E-state index in [1.54, 1.807) is 20.8 Å². The molecule has 2 amide bonds. The van der Waals surface area contributed by atoms with E-state index in [1.807, 2.05) is 0 Å². The Labute approximate surface area is 157 Å². The second kappa shape index (κ2) is 6.55. The minimum Gasteiger partial charge on any atom is -0.480 e. The minimum absolute atomic E-state index is 0.352. The van der Waals surface area contributed by atoms with E-state index in [9.17, 15) is 29.1 Å². The number of β-lactam (4-membered cyclic amide) rings is 1. The highest BCUT2D eigenvalue weighted by Crippen LogP contribution is 2.50. The summed E-state index contributed by atoms with van der Waals surface area (Å²) < 4.78 is 0.389. The number of aromatic nitrogens is 2. The van der Waals surface area contributed by atoms with Crippen LogP contribution in [0.3, 0.4) is 0 Å². The molecule has 3 atom stereocenters. The number of hydrogen-bond donors (Lipinski definition) is 3. The zero-order valence-electron chi connectivity index (χ0n) is 15.0. The number of aliphatic carboxylic acids is 1. The number of carboxylic acid groups (broad SMARTS) is 1. The number of aryl methyl sites for hydroxylation is 1. The second-order valence-corrected chi connectivity index (χ2v) is 8.81. The smallest absolute Gasteiger partial charge is 0.328 e. The van der Waals surface area contributed by atoms with Crippen molar-refractivity contribution in [2.24, 2.45) is 0 Å². The van der Waals surface area contributed by atoms with Gasteiger partial charge in [0, 0.05) is 16.5 Å². The molecule has 0 unspecified atom stereocenters. The van der Waals surface area contributed by atoms with Gasteiger partial charge >= 0.3 is 11.7 Å². The van der Waals surface area contributed by atoms with Crippen molar-refractivity contribution >= 4 is 29.5 Å². The Kier molecular flexibility index (Phi) is 4.66. The maximum Gasteiger partial charge on any atom is 0.328 e. The zero-order valence-corrected chi connectivity index (χ0v) is 15.8. The van der Waals surface area contributed by atoms with Crippen LogP contribution in [-0.2, 0) is 27.3 Å². The Hall–Kier alpha value is -2.56. The molecule has 0 saturated carbocycles. The van der Waals surface area contributed by atoms with Crippen molar-refractivity contribution in [3.05, 3.63) is 32.6 Å². The quantitative estimate of drug-likeness (QED) is 0.527. The Bertz CT molecular complexity index is 936. The summed E-state index contributed by atoms with van der Waals surface area (Å²) in [7, 11) is 0. The average Bonchev–Trinajstić information content (AvgIpc) is 2.83. The van der Waals surface area contributed by atoms with Gasteiger partial charge in [-0.3, -0.25) is 23.9 Å². The lowest BCUT2D eigenvalue weighted by molar-refractivity contribution is -0.161. The van der Waals surface area contributed by atoms with Gasteiger partial charge in [-0.05, 0) is 20.3 Å². The molecule has 146 valence electrons. The molecule has 0 bridgehead atoms. The zero-order chi connectivity index (χ0) is 20.1. The molecule has 11 heteroatoms. The van der Waals surface area contributed by atoms with E-state index >= 15 is 0 Å². The van der Waals surface area contributed by atoms with Crippen molar-refractivity contribution in [2.75, 3.05) is 0 Å². The number of nitrogens with zero attached hydrogens (tertiary/aromatic N) is 2. The predicted octanol–water partition coefficient (Wildman–Crippen LogP) is -1.27. The summed E-state index contributed by atoms with van der Waals surface area (Å²) in [4.78, 5) is 63.0. The van der Waals surface area contributed by atoms with E-state index in [0.717, 1.165) is 4.57 Å². The molecule has 2 fully saturated rings. The largest absolute Gasteiger partial charge is 0.480 e. The van der Waals surface area contributed by atoms with Crippen molar-refractivity contribution in [1.82, 2.24) is 19.8 Å². The van der Waals surface area contributed by atoms with Crippen LogP contribution in [0.25, 0.3) is 0 Å². The number of hydrogen-bond acceptors (Lipinski definition) is 6. The topological polar surface area (TPSA) is 142 Å². The van der Waals surface area contributed by atoms with Crippen LogP contribution in [0.1, 0.15) is 26.3 Å². The first-order chi connectivity index (χ1) is 12.6. The number of amides is 2. The van der Waals surface area contributed by atoms with Crippen molar-refractivity contribution in [3.8, 4) is 0 Å². The first-order valence-electron chi connectivity index (χ1n) is 8.41. The molecule has 27 heavy (non-hydrogen) atoms. The van der Waals surface area contributed by atoms with Crippen molar-refractivity contribution < 1.29 is 19.5 Å². The maximum absolute atomic E-state index is 12.4. The first-order valence-corrected chi connectivity index (χ1v) is 9.29. The fraction of sp³-hybridized carbons (Fsp3) is 0.562. The summed E-state index contributed by atoms with van der Waals surface area (Å²) in [5.41, 5.74) is -0.838. The van der Waals surface area contributed by atoms with E-state index in [4.69, 9.17) is 0 Å². The molecule has 2 aliphatic rings. The molecule has 0 aromatic carbocycles. The van der Waals surface area contributed by atoms with Gasteiger partial charge in [-0.2, -0.15) is 0 Å². The summed E-state index contributed by atoms with van der Waals surface area (Å²) in [5.74, 6) is -2.11. The Balaban J connectivity index is 1.72. The van der Waals surface area contributed by atoms with Crippen molar-refractivity contribution in [3.63, 3.8) is 0 Å². The number of carboxylic acids is 1. The summed E-state index contributed by atoms with van der Waals surface area (Å²) in [6.45, 7) is 4.88. The Morgan fingerprint density at radius 3 is 2.59 bits per heavy atom. The van der Waals surface area contributed by atoms with E-state index in [0.29, 0.717) is 12.0 Å². The van der Waals surface area contributed by atoms with Crippen molar-refractivity contribution in [1.29, 1.82) is 0 Å². The van der Waals surface area contributed by atoms with Crippen LogP contribution in [0.4, 0.5) is 0 Å². The van der Waals surface area contributed by atoms with E-state index in [1.165, 1.54) is 22.9 Å². The summed E-state index contributed by atoms with van der Waals surface area (Å²) in [6, 6.07) is -1.79. The Morgan fingerprint density at radius 1 is 1.33 bits per heavy atom. The van der Waals surface area contributed by atoms with Crippen LogP contribution < -0.4 is 16.6 Å². The number of fused-ring (bicyclic) bond motifs is 1. The monoisotopic (exact) mass is 396 g/mol. The number of carbonyl (C=O) groups excluding carboxylic acids is 2. The summed E-state index contributed by atoms with van der Waals surface area (Å²) in [6.07, 6.45) is 1.72. The van der Waals surface area contributed by atoms with E-state index < -0.39 is 51.2 Å². The minimum atomic E-state index is -1.08. The molecule has 1 aromatic heterocycles. The Morgan fingerprint density at radius 2 is 2.00 bits per heavy atom. The molecule has 0 aliphatic carbocycles. The van der Waals surface area contributed by atoms with Gasteiger partial charge in [0.25, 0.3) is 5.56 Å². The SMILES string of the molecule is CCc1cn(CC(=O)N[C@@H]2C(=O)N3[C@@H]2SC(C)(C)[C@@H]3C(=O)O)c(=O)[nH]c1=O. The van der Waals surface area contributed by atoms with Crippen LogP contribution in [-0.4, -0.2) is 59.5 Å². The average molecular weight is 396 g/mol. The fourth-order valence-corrected chi connectivity index (χ4v) is 5.07. The molecule has 3 rings (SSSR count). The predicted molar refractivity (Wildman–Crippen MR) is 96.4 cm³/mol. The van der Waals surface area contributed by atoms with Crippen LogP contribution >= 0.6 is 11.8 Å². The van der Waals surface area contributed by atoms with Gasteiger partial charge in [0.2, 0.25) is 11.8 Å². The highest BCUT2D eigenvalue weighted by Gasteiger charge is 2.64. The van der Waals surface area contributed by atoms with Crippen LogP contribution in [0.5, 0.6) is 0 Å². The molecule has 2 aliphatic heterocycles. The molecule has 0 radical (unpaired) electrons. The lowest BCUT2D eigenvalue weighted by atomic mass is 9.96. The number of aromatic amines is 1. The summed E-state index contributed by atoms with van der Waals surface area (Å²) >= 11 is 1.32. The third kappa shape index (κ3) is 3.15. The molecule has 1 aromatic rings. The second-order valence-electron chi connectivity index (χ2n) is 7.04. The fourth-order valence-electron chi connectivity index (χ4n) is 3.44. The third-order valence-electron chi connectivity index (χ3n) is 4.77. The van der Waals surface area contributed by atoms with Gasteiger partial charge < -0.3 is 15.3 Å². The van der Waals surface area contributed by atoms with Gasteiger partial charge in [0.1, 0.15) is 24.0 Å². The molecule has 3 heterocycles. The highest BCUT2D eigenvalue weighted by molar-refractivity contribution is 8.01. The normalized spacial score (nSPS) is 25.7. The lowest BCUT2D eigenvalue weighted by Gasteiger charge is -2.43. The van der Waals surface area contributed by atoms with Gasteiger partial charge in [0.15, 0.2) is 0 Å². The van der Waals surface area contributed by atoms with Crippen molar-refractivity contribution in [2.45, 2.75) is 55.9 Å². The standard InChI is InChI=1S/C16H20N4O6S/c1-4-7-5-19(15(26)18-11(7)22)6-8(21)17-9-12(23)20-10(14(24)25)16(2,3)27-13(9)20/h5,9-10,13H,4,6H2,1-3H3,(H,17,21)(H,24,25)(H,18,22,26)/t9-,10+,13-/m1/s1.